The molecule has 2 aromatic carbocycles. The lowest BCUT2D eigenvalue weighted by Gasteiger charge is -2.22. The summed E-state index contributed by atoms with van der Waals surface area (Å²) in [5.74, 6) is 3.30. The first-order chi connectivity index (χ1) is 12.2. The average Bonchev–Trinajstić information content (AvgIpc) is 2.66. The van der Waals surface area contributed by atoms with E-state index in [4.69, 9.17) is 24.7 Å². The van der Waals surface area contributed by atoms with Crippen molar-refractivity contribution in [1.82, 2.24) is 0 Å². The fourth-order valence-corrected chi connectivity index (χ4v) is 3.05. The summed E-state index contributed by atoms with van der Waals surface area (Å²) in [6.45, 7) is 4.30. The van der Waals surface area contributed by atoms with Gasteiger partial charge in [-0.15, -0.1) is 0 Å². The molecule has 3 rings (SSSR count). The van der Waals surface area contributed by atoms with E-state index in [1.807, 2.05) is 31.2 Å². The van der Waals surface area contributed by atoms with Crippen LogP contribution in [0.4, 0.5) is 0 Å². The molecule has 1 heterocycles. The van der Waals surface area contributed by atoms with Crippen LogP contribution in [0.15, 0.2) is 36.4 Å². The van der Waals surface area contributed by atoms with E-state index in [1.165, 1.54) is 0 Å². The average molecular weight is 343 g/mol. The molecular weight excluding hydrogens is 318 g/mol. The Bertz CT molecular complexity index is 717. The predicted molar refractivity (Wildman–Crippen MR) is 97.1 cm³/mol. The van der Waals surface area contributed by atoms with Crippen LogP contribution in [-0.4, -0.2) is 33.5 Å². The SMILES string of the molecule is CCOc1ccc(CC(CN)c2ccc3c(c2)OCCO3)cc1OC. The highest BCUT2D eigenvalue weighted by atomic mass is 16.6. The number of nitrogens with two attached hydrogens (primary N) is 1. The van der Waals surface area contributed by atoms with Crippen molar-refractivity contribution in [3.05, 3.63) is 47.5 Å². The minimum absolute atomic E-state index is 0.193. The molecule has 1 aliphatic rings. The molecule has 0 spiro atoms. The fraction of sp³-hybridized carbons (Fsp3) is 0.400. The van der Waals surface area contributed by atoms with Gasteiger partial charge in [-0.2, -0.15) is 0 Å². The summed E-state index contributed by atoms with van der Waals surface area (Å²) in [5, 5.41) is 0. The monoisotopic (exact) mass is 343 g/mol. The summed E-state index contributed by atoms with van der Waals surface area (Å²) in [5.41, 5.74) is 8.36. The van der Waals surface area contributed by atoms with Gasteiger partial charge in [0.1, 0.15) is 13.2 Å². The summed E-state index contributed by atoms with van der Waals surface area (Å²) in [7, 11) is 1.66. The second-order valence-corrected chi connectivity index (χ2v) is 5.96. The molecule has 2 aromatic rings. The Morgan fingerprint density at radius 3 is 2.56 bits per heavy atom. The van der Waals surface area contributed by atoms with Gasteiger partial charge in [-0.25, -0.2) is 0 Å². The maximum atomic E-state index is 6.05. The maximum Gasteiger partial charge on any atom is 0.161 e. The van der Waals surface area contributed by atoms with E-state index in [2.05, 4.69) is 12.1 Å². The van der Waals surface area contributed by atoms with Crippen LogP contribution in [0.5, 0.6) is 23.0 Å². The number of ether oxygens (including phenoxy) is 4. The van der Waals surface area contributed by atoms with Crippen molar-refractivity contribution in [3.63, 3.8) is 0 Å². The van der Waals surface area contributed by atoms with Gasteiger partial charge >= 0.3 is 0 Å². The third-order valence-corrected chi connectivity index (χ3v) is 4.33. The molecule has 134 valence electrons. The molecule has 0 bridgehead atoms. The summed E-state index contributed by atoms with van der Waals surface area (Å²) in [6, 6.07) is 12.1. The van der Waals surface area contributed by atoms with Crippen molar-refractivity contribution >= 4 is 0 Å². The lowest BCUT2D eigenvalue weighted by atomic mass is 9.91. The van der Waals surface area contributed by atoms with Gasteiger partial charge < -0.3 is 24.7 Å². The van der Waals surface area contributed by atoms with E-state index in [0.717, 1.165) is 40.5 Å². The van der Waals surface area contributed by atoms with Crippen LogP contribution < -0.4 is 24.7 Å². The van der Waals surface area contributed by atoms with Gasteiger partial charge in [0.25, 0.3) is 0 Å². The number of benzene rings is 2. The minimum atomic E-state index is 0.193. The molecular formula is C20H25NO4. The lowest BCUT2D eigenvalue weighted by Crippen LogP contribution is -2.18. The second kappa shape index (κ2) is 8.12. The molecule has 2 N–H and O–H groups in total. The zero-order chi connectivity index (χ0) is 17.6. The normalized spacial score (nSPS) is 14.0. The van der Waals surface area contributed by atoms with Crippen LogP contribution in [0.3, 0.4) is 0 Å². The molecule has 0 saturated heterocycles. The maximum absolute atomic E-state index is 6.05. The smallest absolute Gasteiger partial charge is 0.161 e. The number of methoxy groups -OCH3 is 1. The van der Waals surface area contributed by atoms with Crippen LogP contribution in [0.2, 0.25) is 0 Å². The number of hydrogen-bond donors (Lipinski definition) is 1. The van der Waals surface area contributed by atoms with Crippen LogP contribution in [-0.2, 0) is 6.42 Å². The van der Waals surface area contributed by atoms with E-state index in [-0.39, 0.29) is 5.92 Å². The van der Waals surface area contributed by atoms with E-state index in [0.29, 0.717) is 26.4 Å². The Morgan fingerprint density at radius 2 is 1.84 bits per heavy atom. The molecule has 1 aliphatic heterocycles. The first-order valence-corrected chi connectivity index (χ1v) is 8.64. The van der Waals surface area contributed by atoms with Gasteiger partial charge in [0, 0.05) is 5.92 Å². The van der Waals surface area contributed by atoms with Crippen molar-refractivity contribution < 1.29 is 18.9 Å². The molecule has 1 atom stereocenters. The molecule has 0 amide bonds. The Kier molecular flexibility index (Phi) is 5.66. The molecule has 0 fully saturated rings. The van der Waals surface area contributed by atoms with Gasteiger partial charge in [0.15, 0.2) is 23.0 Å². The van der Waals surface area contributed by atoms with Gasteiger partial charge in [-0.1, -0.05) is 12.1 Å². The third-order valence-electron chi connectivity index (χ3n) is 4.33. The number of hydrogen-bond acceptors (Lipinski definition) is 5. The second-order valence-electron chi connectivity index (χ2n) is 5.96. The third kappa shape index (κ3) is 3.99. The molecule has 25 heavy (non-hydrogen) atoms. The number of fused-ring (bicyclic) bond motifs is 1. The molecule has 0 aliphatic carbocycles. The zero-order valence-electron chi connectivity index (χ0n) is 14.8. The first-order valence-electron chi connectivity index (χ1n) is 8.64. The Morgan fingerprint density at radius 1 is 1.04 bits per heavy atom. The lowest BCUT2D eigenvalue weighted by molar-refractivity contribution is 0.171. The van der Waals surface area contributed by atoms with E-state index < -0.39 is 0 Å². The van der Waals surface area contributed by atoms with E-state index in [1.54, 1.807) is 7.11 Å². The molecule has 5 heteroatoms. The fourth-order valence-electron chi connectivity index (χ4n) is 3.05. The van der Waals surface area contributed by atoms with Crippen LogP contribution in [0, 0.1) is 0 Å². The quantitative estimate of drug-likeness (QED) is 0.837. The topological polar surface area (TPSA) is 62.9 Å². The van der Waals surface area contributed by atoms with Gasteiger partial charge in [-0.05, 0) is 55.3 Å². The number of rotatable bonds is 7. The van der Waals surface area contributed by atoms with Gasteiger partial charge in [-0.3, -0.25) is 0 Å². The summed E-state index contributed by atoms with van der Waals surface area (Å²) >= 11 is 0. The molecule has 0 radical (unpaired) electrons. The van der Waals surface area contributed by atoms with Crippen LogP contribution >= 0.6 is 0 Å². The molecule has 0 saturated carbocycles. The highest BCUT2D eigenvalue weighted by Crippen LogP contribution is 2.35. The highest BCUT2D eigenvalue weighted by molar-refractivity contribution is 5.46. The van der Waals surface area contributed by atoms with Crippen LogP contribution in [0.1, 0.15) is 24.0 Å². The van der Waals surface area contributed by atoms with Gasteiger partial charge in [0.2, 0.25) is 0 Å². The van der Waals surface area contributed by atoms with Crippen molar-refractivity contribution in [2.24, 2.45) is 5.73 Å². The predicted octanol–water partition coefficient (Wildman–Crippen LogP) is 3.15. The summed E-state index contributed by atoms with van der Waals surface area (Å²) in [4.78, 5) is 0. The Labute approximate surface area is 148 Å². The van der Waals surface area contributed by atoms with Gasteiger partial charge in [0.05, 0.1) is 13.7 Å². The van der Waals surface area contributed by atoms with Crippen molar-refractivity contribution in [3.8, 4) is 23.0 Å². The molecule has 0 aromatic heterocycles. The minimum Gasteiger partial charge on any atom is -0.493 e. The summed E-state index contributed by atoms with van der Waals surface area (Å²) in [6.07, 6.45) is 0.818. The Balaban J connectivity index is 1.80. The molecule has 1 unspecified atom stereocenters. The first kappa shape index (κ1) is 17.4. The highest BCUT2D eigenvalue weighted by Gasteiger charge is 2.17. The van der Waals surface area contributed by atoms with Crippen LogP contribution in [0.25, 0.3) is 0 Å². The largest absolute Gasteiger partial charge is 0.493 e. The van der Waals surface area contributed by atoms with E-state index in [9.17, 15) is 0 Å². The standard InChI is InChI=1S/C20H25NO4/c1-3-23-17-6-4-14(11-19(17)22-2)10-16(13-21)15-5-7-18-20(12-15)25-9-8-24-18/h4-7,11-12,16H,3,8-10,13,21H2,1-2H3. The van der Waals surface area contributed by atoms with E-state index >= 15 is 0 Å². The molecule has 5 nitrogen and oxygen atoms in total. The van der Waals surface area contributed by atoms with Crippen molar-refractivity contribution in [2.75, 3.05) is 33.5 Å². The summed E-state index contributed by atoms with van der Waals surface area (Å²) < 4.78 is 22.3. The van der Waals surface area contributed by atoms with Crippen molar-refractivity contribution in [2.45, 2.75) is 19.3 Å². The van der Waals surface area contributed by atoms with Crippen molar-refractivity contribution in [1.29, 1.82) is 0 Å². The zero-order valence-corrected chi connectivity index (χ0v) is 14.8. The Hall–Kier alpha value is -2.40.